The van der Waals surface area contributed by atoms with Gasteiger partial charge in [-0.1, -0.05) is 12.1 Å². The van der Waals surface area contributed by atoms with Crippen molar-refractivity contribution >= 4 is 5.96 Å². The topological polar surface area (TPSA) is 46.1 Å². The number of aliphatic imine (C=N–C) groups is 1. The number of unbranched alkanes of at least 4 members (excludes halogenated alkanes) is 1. The van der Waals surface area contributed by atoms with Gasteiger partial charge in [-0.3, -0.25) is 4.99 Å². The van der Waals surface area contributed by atoms with Crippen LogP contribution in [0.5, 0.6) is 0 Å². The Hall–Kier alpha value is -1.66. The van der Waals surface area contributed by atoms with E-state index in [1.807, 2.05) is 18.0 Å². The molecule has 0 atom stereocenters. The number of nitrogens with zero attached hydrogens (tertiary/aromatic N) is 2. The third kappa shape index (κ3) is 8.52. The molecule has 1 N–H and O–H groups in total. The first-order valence-electron chi connectivity index (χ1n) is 7.90. The molecule has 5 nitrogen and oxygen atoms in total. The zero-order valence-corrected chi connectivity index (χ0v) is 14.3. The predicted octanol–water partition coefficient (Wildman–Crippen LogP) is 2.28. The van der Waals surface area contributed by atoms with E-state index >= 15 is 0 Å². The summed E-state index contributed by atoms with van der Waals surface area (Å²) in [5.74, 6) is 0.585. The van der Waals surface area contributed by atoms with Gasteiger partial charge in [0, 0.05) is 40.9 Å². The van der Waals surface area contributed by atoms with Crippen molar-refractivity contribution in [1.29, 1.82) is 0 Å². The summed E-state index contributed by atoms with van der Waals surface area (Å²) in [4.78, 5) is 6.23. The minimum Gasteiger partial charge on any atom is -0.382 e. The number of nitrogens with one attached hydrogen (secondary N) is 1. The summed E-state index contributed by atoms with van der Waals surface area (Å²) >= 11 is 0. The molecule has 0 unspecified atom stereocenters. The average Bonchev–Trinajstić information content (AvgIpc) is 2.53. The van der Waals surface area contributed by atoms with Crippen molar-refractivity contribution in [3.63, 3.8) is 0 Å². The molecule has 0 heterocycles. The fourth-order valence-electron chi connectivity index (χ4n) is 2.14. The fraction of sp³-hybridized carbons (Fsp3) is 0.588. The first-order chi connectivity index (χ1) is 11.2. The van der Waals surface area contributed by atoms with Gasteiger partial charge in [0.15, 0.2) is 5.96 Å². The van der Waals surface area contributed by atoms with Crippen LogP contribution in [0.3, 0.4) is 0 Å². The molecule has 0 bridgehead atoms. The van der Waals surface area contributed by atoms with Crippen molar-refractivity contribution in [1.82, 2.24) is 10.2 Å². The van der Waals surface area contributed by atoms with Crippen molar-refractivity contribution in [2.45, 2.75) is 19.4 Å². The Morgan fingerprint density at radius 3 is 2.78 bits per heavy atom. The van der Waals surface area contributed by atoms with Gasteiger partial charge in [0.25, 0.3) is 0 Å². The lowest BCUT2D eigenvalue weighted by Gasteiger charge is -2.22. The lowest BCUT2D eigenvalue weighted by atomic mass is 10.2. The molecule has 1 aromatic carbocycles. The molecule has 23 heavy (non-hydrogen) atoms. The van der Waals surface area contributed by atoms with Gasteiger partial charge in [0.2, 0.25) is 0 Å². The summed E-state index contributed by atoms with van der Waals surface area (Å²) in [5, 5.41) is 3.31. The van der Waals surface area contributed by atoms with E-state index in [1.54, 1.807) is 26.3 Å². The number of methoxy groups -OCH3 is 1. The van der Waals surface area contributed by atoms with Crippen LogP contribution in [0.4, 0.5) is 4.39 Å². The number of benzene rings is 1. The van der Waals surface area contributed by atoms with Crippen molar-refractivity contribution in [2.75, 3.05) is 47.6 Å². The normalized spacial score (nSPS) is 11.6. The van der Waals surface area contributed by atoms with Crippen LogP contribution < -0.4 is 5.32 Å². The molecule has 0 aliphatic rings. The van der Waals surface area contributed by atoms with Crippen LogP contribution in [0.2, 0.25) is 0 Å². The van der Waals surface area contributed by atoms with Crippen LogP contribution in [0.1, 0.15) is 18.4 Å². The van der Waals surface area contributed by atoms with Crippen LogP contribution in [0.25, 0.3) is 0 Å². The monoisotopic (exact) mass is 325 g/mol. The van der Waals surface area contributed by atoms with Crippen LogP contribution >= 0.6 is 0 Å². The standard InChI is InChI=1S/C17H28FN3O2/c1-19-17(20-9-4-5-10-23-12-11-22-3)21(2)14-15-7-6-8-16(18)13-15/h6-8,13H,4-5,9-12,14H2,1-3H3,(H,19,20). The molecule has 1 aromatic rings. The van der Waals surface area contributed by atoms with Crippen LogP contribution in [-0.2, 0) is 16.0 Å². The van der Waals surface area contributed by atoms with E-state index in [0.717, 1.165) is 37.5 Å². The summed E-state index contributed by atoms with van der Waals surface area (Å²) in [6.07, 6.45) is 1.99. The summed E-state index contributed by atoms with van der Waals surface area (Å²) in [6, 6.07) is 6.62. The van der Waals surface area contributed by atoms with E-state index < -0.39 is 0 Å². The Balaban J connectivity index is 2.23. The van der Waals surface area contributed by atoms with Gasteiger partial charge in [-0.05, 0) is 30.5 Å². The Kier molecular flexibility index (Phi) is 9.99. The highest BCUT2D eigenvalue weighted by molar-refractivity contribution is 5.79. The van der Waals surface area contributed by atoms with Crippen molar-refractivity contribution in [3.8, 4) is 0 Å². The van der Waals surface area contributed by atoms with Gasteiger partial charge in [0.05, 0.1) is 13.2 Å². The van der Waals surface area contributed by atoms with Crippen molar-refractivity contribution in [2.24, 2.45) is 4.99 Å². The second-order valence-corrected chi connectivity index (χ2v) is 5.27. The average molecular weight is 325 g/mol. The van der Waals surface area contributed by atoms with E-state index in [4.69, 9.17) is 9.47 Å². The van der Waals surface area contributed by atoms with E-state index in [2.05, 4.69) is 10.3 Å². The molecule has 0 saturated heterocycles. The Labute approximate surface area is 138 Å². The molecule has 0 aliphatic heterocycles. The molecule has 0 aromatic heterocycles. The minimum atomic E-state index is -0.215. The summed E-state index contributed by atoms with van der Waals surface area (Å²) < 4.78 is 23.5. The molecule has 0 aliphatic carbocycles. The number of ether oxygens (including phenoxy) is 2. The first-order valence-corrected chi connectivity index (χ1v) is 7.90. The number of hydrogen-bond donors (Lipinski definition) is 1. The zero-order valence-electron chi connectivity index (χ0n) is 14.3. The maximum atomic E-state index is 13.2. The summed E-state index contributed by atoms with van der Waals surface area (Å²) in [7, 11) is 5.35. The Morgan fingerprint density at radius 1 is 1.26 bits per heavy atom. The quantitative estimate of drug-likeness (QED) is 0.407. The fourth-order valence-corrected chi connectivity index (χ4v) is 2.14. The summed E-state index contributed by atoms with van der Waals surface area (Å²) in [5.41, 5.74) is 0.919. The maximum absolute atomic E-state index is 13.2. The summed E-state index contributed by atoms with van der Waals surface area (Å²) in [6.45, 7) is 3.45. The van der Waals surface area contributed by atoms with E-state index in [1.165, 1.54) is 6.07 Å². The lowest BCUT2D eigenvalue weighted by Crippen LogP contribution is -2.38. The largest absolute Gasteiger partial charge is 0.382 e. The molecule has 130 valence electrons. The van der Waals surface area contributed by atoms with E-state index in [0.29, 0.717) is 19.8 Å². The zero-order chi connectivity index (χ0) is 16.9. The maximum Gasteiger partial charge on any atom is 0.193 e. The van der Waals surface area contributed by atoms with Gasteiger partial charge in [-0.2, -0.15) is 0 Å². The highest BCUT2D eigenvalue weighted by Crippen LogP contribution is 2.06. The number of guanidine groups is 1. The SMILES string of the molecule is CN=C(NCCCCOCCOC)N(C)Cc1cccc(F)c1. The first kappa shape index (κ1) is 19.4. The molecule has 0 saturated carbocycles. The van der Waals surface area contributed by atoms with E-state index in [9.17, 15) is 4.39 Å². The number of rotatable bonds is 10. The van der Waals surface area contributed by atoms with Gasteiger partial charge in [-0.15, -0.1) is 0 Å². The second kappa shape index (κ2) is 11.8. The highest BCUT2D eigenvalue weighted by atomic mass is 19.1. The lowest BCUT2D eigenvalue weighted by molar-refractivity contribution is 0.0689. The third-order valence-electron chi connectivity index (χ3n) is 3.31. The highest BCUT2D eigenvalue weighted by Gasteiger charge is 2.06. The molecule has 1 rings (SSSR count). The number of halogens is 1. The number of hydrogen-bond acceptors (Lipinski definition) is 3. The third-order valence-corrected chi connectivity index (χ3v) is 3.31. The molecule has 0 spiro atoms. The van der Waals surface area contributed by atoms with Gasteiger partial charge < -0.3 is 19.7 Å². The minimum absolute atomic E-state index is 0.215. The smallest absolute Gasteiger partial charge is 0.193 e. The van der Waals surface area contributed by atoms with E-state index in [-0.39, 0.29) is 5.82 Å². The molecular weight excluding hydrogens is 297 g/mol. The Bertz CT molecular complexity index is 469. The Morgan fingerprint density at radius 2 is 2.09 bits per heavy atom. The van der Waals surface area contributed by atoms with Crippen LogP contribution in [-0.4, -0.2) is 58.4 Å². The van der Waals surface area contributed by atoms with Gasteiger partial charge in [0.1, 0.15) is 5.82 Å². The molecule has 0 radical (unpaired) electrons. The van der Waals surface area contributed by atoms with Crippen LogP contribution in [0, 0.1) is 5.82 Å². The van der Waals surface area contributed by atoms with Crippen LogP contribution in [0.15, 0.2) is 29.3 Å². The molecular formula is C17H28FN3O2. The molecule has 0 fully saturated rings. The van der Waals surface area contributed by atoms with Crippen molar-refractivity contribution in [3.05, 3.63) is 35.6 Å². The second-order valence-electron chi connectivity index (χ2n) is 5.27. The van der Waals surface area contributed by atoms with Crippen molar-refractivity contribution < 1.29 is 13.9 Å². The molecule has 0 amide bonds. The predicted molar refractivity (Wildman–Crippen MR) is 91.2 cm³/mol. The van der Waals surface area contributed by atoms with Gasteiger partial charge in [-0.25, -0.2) is 4.39 Å². The van der Waals surface area contributed by atoms with Gasteiger partial charge >= 0.3 is 0 Å². The molecule has 6 heteroatoms.